The number of hydrogen-bond acceptors (Lipinski definition) is 5. The largest absolute Gasteiger partial charge is 0.444 e. The predicted octanol–water partition coefficient (Wildman–Crippen LogP) is 3.21. The Bertz CT molecular complexity index is 545. The number of amides is 1. The summed E-state index contributed by atoms with van der Waals surface area (Å²) in [5, 5.41) is 8.36. The van der Waals surface area contributed by atoms with Crippen LogP contribution in [0.5, 0.6) is 0 Å². The molecule has 1 amide bonds. The molecule has 1 fully saturated rings. The topological polar surface area (TPSA) is 58.6 Å². The first-order valence-electron chi connectivity index (χ1n) is 8.37. The van der Waals surface area contributed by atoms with Crippen LogP contribution in [0.15, 0.2) is 12.1 Å². The zero-order chi connectivity index (χ0) is 17.7. The molecule has 0 spiro atoms. The number of carbonyl (C=O) groups is 1. The van der Waals surface area contributed by atoms with E-state index in [1.54, 1.807) is 6.07 Å². The average Bonchev–Trinajstić information content (AvgIpc) is 2.48. The van der Waals surface area contributed by atoms with Crippen LogP contribution in [-0.4, -0.2) is 58.4 Å². The van der Waals surface area contributed by atoms with E-state index in [2.05, 4.69) is 22.1 Å². The molecule has 2 heterocycles. The second-order valence-corrected chi connectivity index (χ2v) is 7.87. The van der Waals surface area contributed by atoms with Gasteiger partial charge in [-0.3, -0.25) is 0 Å². The molecule has 0 saturated carbocycles. The molecular formula is C17H27ClN4O2. The van der Waals surface area contributed by atoms with Gasteiger partial charge in [-0.2, -0.15) is 5.10 Å². The average molecular weight is 355 g/mol. The second kappa shape index (κ2) is 8.12. The van der Waals surface area contributed by atoms with Crippen molar-refractivity contribution in [2.45, 2.75) is 45.8 Å². The number of rotatable bonds is 4. The summed E-state index contributed by atoms with van der Waals surface area (Å²) in [4.78, 5) is 16.3. The third kappa shape index (κ3) is 6.24. The molecule has 1 aromatic rings. The van der Waals surface area contributed by atoms with Crippen LogP contribution in [0.1, 0.15) is 39.3 Å². The van der Waals surface area contributed by atoms with Crippen molar-refractivity contribution in [3.8, 4) is 0 Å². The lowest BCUT2D eigenvalue weighted by Gasteiger charge is -2.35. The molecule has 0 N–H and O–H groups in total. The van der Waals surface area contributed by atoms with E-state index in [-0.39, 0.29) is 6.09 Å². The standard InChI is InChI=1S/C17H27ClN4O2/c1-17(2,3)24-16(23)22-9-5-6-13(11-22)10-21(4)12-14-7-8-15(18)20-19-14/h7-8,13H,5-6,9-12H2,1-4H3/t13-/m0/s1. The Morgan fingerprint density at radius 2 is 2.17 bits per heavy atom. The first-order chi connectivity index (χ1) is 11.2. The van der Waals surface area contributed by atoms with Crippen molar-refractivity contribution in [2.75, 3.05) is 26.7 Å². The molecule has 24 heavy (non-hydrogen) atoms. The van der Waals surface area contributed by atoms with Gasteiger partial charge in [-0.25, -0.2) is 4.79 Å². The fourth-order valence-corrected chi connectivity index (χ4v) is 3.02. The van der Waals surface area contributed by atoms with E-state index in [1.807, 2.05) is 31.7 Å². The molecule has 1 aromatic heterocycles. The molecule has 6 nitrogen and oxygen atoms in total. The van der Waals surface area contributed by atoms with Gasteiger partial charge in [0.2, 0.25) is 0 Å². The molecule has 0 aromatic carbocycles. The Balaban J connectivity index is 1.83. The van der Waals surface area contributed by atoms with Gasteiger partial charge in [0.05, 0.1) is 5.69 Å². The fourth-order valence-electron chi connectivity index (χ4n) is 2.92. The molecule has 7 heteroatoms. The van der Waals surface area contributed by atoms with Crippen molar-refractivity contribution in [1.82, 2.24) is 20.0 Å². The Hall–Kier alpha value is -1.40. The summed E-state index contributed by atoms with van der Waals surface area (Å²) in [6.45, 7) is 8.83. The number of ether oxygens (including phenoxy) is 1. The Morgan fingerprint density at radius 3 is 2.79 bits per heavy atom. The lowest BCUT2D eigenvalue weighted by Crippen LogP contribution is -2.45. The lowest BCUT2D eigenvalue weighted by molar-refractivity contribution is 0.0147. The van der Waals surface area contributed by atoms with Crippen molar-refractivity contribution in [3.63, 3.8) is 0 Å². The minimum atomic E-state index is -0.450. The highest BCUT2D eigenvalue weighted by atomic mass is 35.5. The van der Waals surface area contributed by atoms with Gasteiger partial charge in [0, 0.05) is 26.2 Å². The van der Waals surface area contributed by atoms with Gasteiger partial charge in [-0.05, 0) is 58.7 Å². The molecule has 1 saturated heterocycles. The monoisotopic (exact) mass is 354 g/mol. The smallest absolute Gasteiger partial charge is 0.410 e. The van der Waals surface area contributed by atoms with E-state index in [0.29, 0.717) is 17.6 Å². The molecule has 1 aliphatic heterocycles. The quantitative estimate of drug-likeness (QED) is 0.831. The summed E-state index contributed by atoms with van der Waals surface area (Å²) in [5.41, 5.74) is 0.440. The number of carbonyl (C=O) groups excluding carboxylic acids is 1. The van der Waals surface area contributed by atoms with E-state index in [4.69, 9.17) is 16.3 Å². The van der Waals surface area contributed by atoms with Crippen molar-refractivity contribution < 1.29 is 9.53 Å². The third-order valence-electron chi connectivity index (χ3n) is 3.86. The summed E-state index contributed by atoms with van der Waals surface area (Å²) in [6.07, 6.45) is 1.92. The van der Waals surface area contributed by atoms with E-state index >= 15 is 0 Å². The minimum Gasteiger partial charge on any atom is -0.444 e. The van der Waals surface area contributed by atoms with Crippen LogP contribution in [0.4, 0.5) is 4.79 Å². The SMILES string of the molecule is CN(Cc1ccc(Cl)nn1)C[C@@H]1CCCN(C(=O)OC(C)(C)C)C1. The molecule has 1 aliphatic rings. The van der Waals surface area contributed by atoms with E-state index in [9.17, 15) is 4.79 Å². The zero-order valence-electron chi connectivity index (χ0n) is 15.0. The lowest BCUT2D eigenvalue weighted by atomic mass is 9.98. The number of halogens is 1. The Labute approximate surface area is 149 Å². The van der Waals surface area contributed by atoms with Crippen molar-refractivity contribution in [3.05, 3.63) is 23.0 Å². The van der Waals surface area contributed by atoms with Crippen LogP contribution >= 0.6 is 11.6 Å². The van der Waals surface area contributed by atoms with Gasteiger partial charge in [-0.1, -0.05) is 11.6 Å². The first-order valence-corrected chi connectivity index (χ1v) is 8.75. The van der Waals surface area contributed by atoms with Crippen LogP contribution in [0.2, 0.25) is 5.15 Å². The second-order valence-electron chi connectivity index (χ2n) is 7.48. The fraction of sp³-hybridized carbons (Fsp3) is 0.706. The van der Waals surface area contributed by atoms with Crippen LogP contribution < -0.4 is 0 Å². The number of likely N-dealkylation sites (tertiary alicyclic amines) is 1. The summed E-state index contributed by atoms with van der Waals surface area (Å²) < 4.78 is 5.48. The van der Waals surface area contributed by atoms with Gasteiger partial charge in [0.25, 0.3) is 0 Å². The highest BCUT2D eigenvalue weighted by Gasteiger charge is 2.28. The van der Waals surface area contributed by atoms with Crippen LogP contribution in [0, 0.1) is 5.92 Å². The predicted molar refractivity (Wildman–Crippen MR) is 93.9 cm³/mol. The highest BCUT2D eigenvalue weighted by Crippen LogP contribution is 2.20. The molecule has 0 aliphatic carbocycles. The van der Waals surface area contributed by atoms with Crippen LogP contribution in [-0.2, 0) is 11.3 Å². The molecule has 134 valence electrons. The van der Waals surface area contributed by atoms with Gasteiger partial charge in [0.15, 0.2) is 5.15 Å². The summed E-state index contributed by atoms with van der Waals surface area (Å²) in [6, 6.07) is 3.64. The van der Waals surface area contributed by atoms with Gasteiger partial charge in [0.1, 0.15) is 5.60 Å². The van der Waals surface area contributed by atoms with Gasteiger partial charge < -0.3 is 14.5 Å². The van der Waals surface area contributed by atoms with Crippen molar-refractivity contribution in [1.29, 1.82) is 0 Å². The third-order valence-corrected chi connectivity index (χ3v) is 4.06. The maximum Gasteiger partial charge on any atom is 0.410 e. The van der Waals surface area contributed by atoms with E-state index in [1.165, 1.54) is 0 Å². The molecule has 0 bridgehead atoms. The molecular weight excluding hydrogens is 328 g/mol. The van der Waals surface area contributed by atoms with Gasteiger partial charge >= 0.3 is 6.09 Å². The molecule has 0 radical (unpaired) electrons. The number of hydrogen-bond donors (Lipinski definition) is 0. The number of aromatic nitrogens is 2. The number of piperidine rings is 1. The summed E-state index contributed by atoms with van der Waals surface area (Å²) >= 11 is 5.76. The van der Waals surface area contributed by atoms with Crippen molar-refractivity contribution >= 4 is 17.7 Å². The first kappa shape index (κ1) is 18.9. The number of nitrogens with zero attached hydrogens (tertiary/aromatic N) is 4. The Kier molecular flexibility index (Phi) is 6.40. The highest BCUT2D eigenvalue weighted by molar-refractivity contribution is 6.29. The molecule has 2 rings (SSSR count). The maximum atomic E-state index is 12.2. The van der Waals surface area contributed by atoms with Crippen LogP contribution in [0.3, 0.4) is 0 Å². The summed E-state index contributed by atoms with van der Waals surface area (Å²) in [5.74, 6) is 0.441. The Morgan fingerprint density at radius 1 is 1.42 bits per heavy atom. The summed E-state index contributed by atoms with van der Waals surface area (Å²) in [7, 11) is 2.06. The van der Waals surface area contributed by atoms with E-state index in [0.717, 1.165) is 38.2 Å². The molecule has 0 unspecified atom stereocenters. The van der Waals surface area contributed by atoms with Crippen LogP contribution in [0.25, 0.3) is 0 Å². The van der Waals surface area contributed by atoms with E-state index < -0.39 is 5.60 Å². The van der Waals surface area contributed by atoms with Gasteiger partial charge in [-0.15, -0.1) is 5.10 Å². The zero-order valence-corrected chi connectivity index (χ0v) is 15.7. The normalized spacial score (nSPS) is 18.8. The maximum absolute atomic E-state index is 12.2. The molecule has 1 atom stereocenters. The van der Waals surface area contributed by atoms with Crippen molar-refractivity contribution in [2.24, 2.45) is 5.92 Å². The minimum absolute atomic E-state index is 0.210.